The topological polar surface area (TPSA) is 159 Å². The number of ether oxygens (including phenoxy) is 1. The molecule has 0 bridgehead atoms. The molecule has 1 aromatic heterocycles. The zero-order valence-corrected chi connectivity index (χ0v) is 28.8. The van der Waals surface area contributed by atoms with Gasteiger partial charge in [-0.15, -0.1) is 24.0 Å². The molecule has 3 rings (SSSR count). The summed E-state index contributed by atoms with van der Waals surface area (Å²) in [6.45, 7) is 3.75. The van der Waals surface area contributed by atoms with Gasteiger partial charge in [-0.25, -0.2) is 14.6 Å². The highest BCUT2D eigenvalue weighted by Crippen LogP contribution is 2.20. The second-order valence-electron chi connectivity index (χ2n) is 11.6. The highest BCUT2D eigenvalue weighted by Gasteiger charge is 2.26. The predicted molar refractivity (Wildman–Crippen MR) is 188 cm³/mol. The maximum absolute atomic E-state index is 13.4. The number of rotatable bonds is 17. The fraction of sp³-hybridized carbons (Fsp3) is 0.412. The number of aliphatic hydroxyl groups is 1. The van der Waals surface area contributed by atoms with Gasteiger partial charge in [0.25, 0.3) is 0 Å². The van der Waals surface area contributed by atoms with E-state index < -0.39 is 30.7 Å². The van der Waals surface area contributed by atoms with Crippen molar-refractivity contribution in [1.82, 2.24) is 25.8 Å². The van der Waals surface area contributed by atoms with Crippen LogP contribution in [0.3, 0.4) is 0 Å². The van der Waals surface area contributed by atoms with Crippen LogP contribution in [-0.2, 0) is 28.9 Å². The van der Waals surface area contributed by atoms with E-state index in [9.17, 15) is 19.5 Å². The molecule has 0 saturated heterocycles. The summed E-state index contributed by atoms with van der Waals surface area (Å²) in [6, 6.07) is 17.1. The fourth-order valence-electron chi connectivity index (χ4n) is 4.78. The van der Waals surface area contributed by atoms with E-state index in [0.29, 0.717) is 30.6 Å². The van der Waals surface area contributed by atoms with Crippen molar-refractivity contribution >= 4 is 42.0 Å². The van der Waals surface area contributed by atoms with Gasteiger partial charge in [-0.3, -0.25) is 4.79 Å². The zero-order valence-electron chi connectivity index (χ0n) is 27.1. The van der Waals surface area contributed by atoms with Crippen molar-refractivity contribution in [3.05, 3.63) is 99.0 Å². The van der Waals surface area contributed by atoms with Crippen molar-refractivity contribution in [1.29, 1.82) is 0 Å². The van der Waals surface area contributed by atoms with Crippen molar-refractivity contribution in [3.63, 3.8) is 0 Å². The molecule has 0 radical (unpaired) electrons. The normalized spacial score (nSPS) is 13.4. The number of alkyl carbamates (subject to hydrolysis) is 1. The molecule has 0 aliphatic carbocycles. The van der Waals surface area contributed by atoms with E-state index in [0.717, 1.165) is 21.8 Å². The number of carbonyl (C=O) groups excluding carboxylic acids is 3. The number of aliphatic hydroxyl groups excluding tert-OH is 1. The van der Waals surface area contributed by atoms with Crippen molar-refractivity contribution in [2.24, 2.45) is 5.73 Å². The standard InChI is InChI=1S/C34H46N6O5S2/c1-23(2)32-37-28(22-47-32)19-40(3)33(43)39-30(20-41)31(42)36-26(16-24-10-6-4-7-11-24)14-15-27(17-25-12-8-5-9-13-25)38-34(44)45-21-29(46)18-35/h4-13,18,22-23,26-27,30,41,46H,14-17,19-21,35H2,1-3H3,(H,36,42)(H,38,44)(H,39,43)/b29-18-/t26-,27-,30+/m1/s1. The second-order valence-corrected chi connectivity index (χ2v) is 13.1. The first kappa shape index (κ1) is 37.4. The van der Waals surface area contributed by atoms with E-state index in [1.807, 2.05) is 66.0 Å². The number of thiol groups is 1. The average molecular weight is 683 g/mol. The van der Waals surface area contributed by atoms with E-state index in [1.54, 1.807) is 18.4 Å². The maximum atomic E-state index is 13.4. The third-order valence-electron chi connectivity index (χ3n) is 7.33. The Bertz CT molecular complexity index is 1440. The van der Waals surface area contributed by atoms with Crippen molar-refractivity contribution in [2.45, 2.75) is 70.1 Å². The number of hydrogen-bond acceptors (Lipinski definition) is 9. The van der Waals surface area contributed by atoms with E-state index in [1.165, 1.54) is 11.1 Å². The summed E-state index contributed by atoms with van der Waals surface area (Å²) in [5.41, 5.74) is 8.23. The summed E-state index contributed by atoms with van der Waals surface area (Å²) in [7, 11) is 1.61. The highest BCUT2D eigenvalue weighted by atomic mass is 32.1. The lowest BCUT2D eigenvalue weighted by Crippen LogP contribution is -2.54. The van der Waals surface area contributed by atoms with Crippen LogP contribution < -0.4 is 21.7 Å². The number of urea groups is 1. The first-order valence-corrected chi connectivity index (χ1v) is 16.9. The molecular weight excluding hydrogens is 637 g/mol. The number of nitrogens with one attached hydrogen (secondary N) is 3. The van der Waals surface area contributed by atoms with Gasteiger partial charge in [0, 0.05) is 41.5 Å². The quantitative estimate of drug-likeness (QED) is 0.116. The smallest absolute Gasteiger partial charge is 0.407 e. The lowest BCUT2D eigenvalue weighted by Gasteiger charge is -2.26. The Morgan fingerprint density at radius 3 is 2.06 bits per heavy atom. The Hall–Kier alpha value is -4.07. The van der Waals surface area contributed by atoms with Gasteiger partial charge >= 0.3 is 12.1 Å². The minimum absolute atomic E-state index is 0.0532. The number of benzene rings is 2. The first-order chi connectivity index (χ1) is 22.6. The molecule has 1 heterocycles. The largest absolute Gasteiger partial charge is 0.444 e. The van der Waals surface area contributed by atoms with Gasteiger partial charge in [0.1, 0.15) is 12.6 Å². The molecule has 0 spiro atoms. The molecule has 2 aromatic carbocycles. The third kappa shape index (κ3) is 13.3. The summed E-state index contributed by atoms with van der Waals surface area (Å²) < 4.78 is 5.26. The fourth-order valence-corrected chi connectivity index (χ4v) is 5.67. The molecular formula is C34H46N6O5S2. The molecule has 0 unspecified atom stereocenters. The van der Waals surface area contributed by atoms with Gasteiger partial charge < -0.3 is 36.4 Å². The maximum Gasteiger partial charge on any atom is 0.407 e. The summed E-state index contributed by atoms with van der Waals surface area (Å²) in [6.07, 6.45) is 2.71. The van der Waals surface area contributed by atoms with Crippen molar-refractivity contribution in [2.75, 3.05) is 20.3 Å². The van der Waals surface area contributed by atoms with Crippen molar-refractivity contribution < 1.29 is 24.2 Å². The second kappa shape index (κ2) is 19.6. The Morgan fingerprint density at radius 1 is 0.979 bits per heavy atom. The Balaban J connectivity index is 1.68. The summed E-state index contributed by atoms with van der Waals surface area (Å²) in [4.78, 5) is 45.5. The molecule has 0 saturated carbocycles. The van der Waals surface area contributed by atoms with Crippen LogP contribution in [0.5, 0.6) is 0 Å². The molecule has 0 aliphatic heterocycles. The SMILES string of the molecule is CC(C)c1nc(CN(C)C(=O)N[C@@H](CO)C(=O)N[C@H](CC[C@H](Cc2ccccc2)NC(=O)OC/C(S)=C/N)Cc2ccccc2)cs1. The molecule has 6 N–H and O–H groups in total. The van der Waals surface area contributed by atoms with Gasteiger partial charge in [-0.1, -0.05) is 74.5 Å². The van der Waals surface area contributed by atoms with Crippen LogP contribution in [0, 0.1) is 0 Å². The van der Waals surface area contributed by atoms with Crippen LogP contribution in [-0.4, -0.2) is 71.4 Å². The number of thiazole rings is 1. The van der Waals surface area contributed by atoms with Crippen LogP contribution in [0.1, 0.15) is 54.4 Å². The summed E-state index contributed by atoms with van der Waals surface area (Å²) in [5.74, 6) is -0.217. The number of hydrogen-bond donors (Lipinski definition) is 6. The Labute approximate surface area is 286 Å². The van der Waals surface area contributed by atoms with Gasteiger partial charge in [0.2, 0.25) is 5.91 Å². The monoisotopic (exact) mass is 682 g/mol. The highest BCUT2D eigenvalue weighted by molar-refractivity contribution is 7.84. The molecule has 254 valence electrons. The summed E-state index contributed by atoms with van der Waals surface area (Å²) >= 11 is 5.69. The van der Waals surface area contributed by atoms with Gasteiger partial charge in [0.15, 0.2) is 0 Å². The minimum Gasteiger partial charge on any atom is -0.444 e. The van der Waals surface area contributed by atoms with E-state index in [2.05, 4.69) is 47.4 Å². The molecule has 3 aromatic rings. The molecule has 11 nitrogen and oxygen atoms in total. The average Bonchev–Trinajstić information content (AvgIpc) is 3.54. The molecule has 4 amide bonds. The van der Waals surface area contributed by atoms with Crippen LogP contribution in [0.4, 0.5) is 9.59 Å². The summed E-state index contributed by atoms with van der Waals surface area (Å²) in [5, 5.41) is 21.6. The van der Waals surface area contributed by atoms with Gasteiger partial charge in [-0.2, -0.15) is 0 Å². The molecule has 0 fully saturated rings. The van der Waals surface area contributed by atoms with E-state index in [4.69, 9.17) is 10.5 Å². The number of nitrogens with zero attached hydrogens (tertiary/aromatic N) is 2. The molecule has 47 heavy (non-hydrogen) atoms. The minimum atomic E-state index is -1.16. The Kier molecular flexibility index (Phi) is 15.6. The van der Waals surface area contributed by atoms with Crippen LogP contribution >= 0.6 is 24.0 Å². The number of carbonyl (C=O) groups is 3. The Morgan fingerprint density at radius 2 is 1.55 bits per heavy atom. The van der Waals surface area contributed by atoms with Gasteiger partial charge in [-0.05, 0) is 36.8 Å². The number of aromatic nitrogens is 1. The predicted octanol–water partition coefficient (Wildman–Crippen LogP) is 4.34. The zero-order chi connectivity index (χ0) is 34.2. The number of amides is 4. The van der Waals surface area contributed by atoms with Crippen LogP contribution in [0.25, 0.3) is 0 Å². The third-order valence-corrected chi connectivity index (χ3v) is 8.80. The number of nitrogens with two attached hydrogens (primary N) is 1. The lowest BCUT2D eigenvalue weighted by molar-refractivity contribution is -0.124. The van der Waals surface area contributed by atoms with Gasteiger partial charge in [0.05, 0.1) is 23.9 Å². The molecule has 13 heteroatoms. The lowest BCUT2D eigenvalue weighted by atomic mass is 9.96. The van der Waals surface area contributed by atoms with E-state index >= 15 is 0 Å². The van der Waals surface area contributed by atoms with E-state index in [-0.39, 0.29) is 31.2 Å². The molecule has 3 atom stereocenters. The van der Waals surface area contributed by atoms with Crippen molar-refractivity contribution in [3.8, 4) is 0 Å². The first-order valence-electron chi connectivity index (χ1n) is 15.6. The molecule has 0 aliphatic rings. The van der Waals surface area contributed by atoms with Crippen LogP contribution in [0.15, 0.2) is 77.1 Å². The van der Waals surface area contributed by atoms with Crippen LogP contribution in [0.2, 0.25) is 0 Å².